The molecule has 1 atom stereocenters. The van der Waals surface area contributed by atoms with E-state index in [1.54, 1.807) is 21.9 Å². The van der Waals surface area contributed by atoms with Gasteiger partial charge in [0.1, 0.15) is 0 Å². The van der Waals surface area contributed by atoms with Crippen molar-refractivity contribution in [1.82, 2.24) is 9.80 Å². The highest BCUT2D eigenvalue weighted by Gasteiger charge is 2.39. The number of anilines is 2. The summed E-state index contributed by atoms with van der Waals surface area (Å²) in [5.74, 6) is -0.179. The fourth-order valence-corrected chi connectivity index (χ4v) is 4.01. The third-order valence-electron chi connectivity index (χ3n) is 5.55. The van der Waals surface area contributed by atoms with E-state index in [4.69, 9.17) is 0 Å². The molecule has 30 heavy (non-hydrogen) atoms. The second-order valence-corrected chi connectivity index (χ2v) is 7.35. The van der Waals surface area contributed by atoms with Crippen molar-refractivity contribution < 1.29 is 22.8 Å². The van der Waals surface area contributed by atoms with E-state index in [2.05, 4.69) is 6.58 Å². The Balaban J connectivity index is 1.67. The van der Waals surface area contributed by atoms with E-state index in [0.717, 1.165) is 17.7 Å². The first-order valence-electron chi connectivity index (χ1n) is 9.57. The number of fused-ring (bicyclic) bond motifs is 1. The van der Waals surface area contributed by atoms with Crippen LogP contribution >= 0.6 is 0 Å². The van der Waals surface area contributed by atoms with E-state index in [-0.39, 0.29) is 18.0 Å². The summed E-state index contributed by atoms with van der Waals surface area (Å²) in [4.78, 5) is 30.1. The summed E-state index contributed by atoms with van der Waals surface area (Å²) in [6.45, 7) is 4.82. The lowest BCUT2D eigenvalue weighted by Crippen LogP contribution is -2.50. The van der Waals surface area contributed by atoms with Crippen molar-refractivity contribution in [1.29, 1.82) is 0 Å². The second-order valence-electron chi connectivity index (χ2n) is 7.35. The third kappa shape index (κ3) is 3.53. The van der Waals surface area contributed by atoms with Gasteiger partial charge in [0.2, 0.25) is 5.91 Å². The molecule has 0 bridgehead atoms. The van der Waals surface area contributed by atoms with E-state index in [1.807, 2.05) is 12.1 Å². The first-order valence-corrected chi connectivity index (χ1v) is 9.57. The number of rotatable bonds is 3. The highest BCUT2D eigenvalue weighted by Crippen LogP contribution is 2.38. The normalized spacial score (nSPS) is 19.1. The lowest BCUT2D eigenvalue weighted by Gasteiger charge is -2.40. The maximum Gasteiger partial charge on any atom is 0.416 e. The van der Waals surface area contributed by atoms with Crippen LogP contribution < -0.4 is 4.90 Å². The molecule has 2 aromatic rings. The fraction of sp³-hybridized carbons (Fsp3) is 0.273. The standard InChI is InChI=1S/C22H20F3N3O2/c1-2-20(29)26-12-11-18(14-26)27-13-15-5-3-4-6-19(15)28(21(27)30)17-9-7-16(8-10-17)22(23,24)25/h2-10,18H,1,11-14H2. The molecule has 1 saturated heterocycles. The van der Waals surface area contributed by atoms with Crippen LogP contribution in [0.2, 0.25) is 0 Å². The van der Waals surface area contributed by atoms with E-state index >= 15 is 0 Å². The van der Waals surface area contributed by atoms with Gasteiger partial charge >= 0.3 is 12.2 Å². The van der Waals surface area contributed by atoms with Crippen molar-refractivity contribution in [3.05, 3.63) is 72.3 Å². The largest absolute Gasteiger partial charge is 0.416 e. The molecule has 0 spiro atoms. The summed E-state index contributed by atoms with van der Waals surface area (Å²) in [5, 5.41) is 0. The van der Waals surface area contributed by atoms with Crippen molar-refractivity contribution in [3.63, 3.8) is 0 Å². The minimum absolute atomic E-state index is 0.174. The maximum absolute atomic E-state index is 13.4. The minimum Gasteiger partial charge on any atom is -0.337 e. The van der Waals surface area contributed by atoms with Crippen LogP contribution in [0.4, 0.5) is 29.3 Å². The molecule has 0 radical (unpaired) electrons. The van der Waals surface area contributed by atoms with Gasteiger partial charge in [-0.2, -0.15) is 13.2 Å². The molecule has 0 N–H and O–H groups in total. The molecular weight excluding hydrogens is 395 g/mol. The van der Waals surface area contributed by atoms with Gasteiger partial charge in [-0.25, -0.2) is 4.79 Å². The summed E-state index contributed by atoms with van der Waals surface area (Å²) >= 11 is 0. The predicted octanol–water partition coefficient (Wildman–Crippen LogP) is 4.57. The molecule has 4 rings (SSSR count). The number of amides is 3. The number of halogens is 3. The molecule has 3 amide bonds. The number of para-hydroxylation sites is 1. The Morgan fingerprint density at radius 3 is 2.47 bits per heavy atom. The maximum atomic E-state index is 13.4. The van der Waals surface area contributed by atoms with Gasteiger partial charge in [0.25, 0.3) is 0 Å². The Bertz CT molecular complexity index is 988. The first-order chi connectivity index (χ1) is 14.3. The number of alkyl halides is 3. The van der Waals surface area contributed by atoms with Crippen LogP contribution in [0.1, 0.15) is 17.5 Å². The van der Waals surface area contributed by atoms with E-state index in [0.29, 0.717) is 37.4 Å². The van der Waals surface area contributed by atoms with Crippen LogP contribution in [0.3, 0.4) is 0 Å². The predicted molar refractivity (Wildman–Crippen MR) is 106 cm³/mol. The molecule has 0 aliphatic carbocycles. The quantitative estimate of drug-likeness (QED) is 0.690. The Hall–Kier alpha value is -3.29. The van der Waals surface area contributed by atoms with Gasteiger partial charge in [-0.1, -0.05) is 24.8 Å². The second kappa shape index (κ2) is 7.51. The zero-order chi connectivity index (χ0) is 21.5. The molecule has 0 aromatic heterocycles. The summed E-state index contributed by atoms with van der Waals surface area (Å²) < 4.78 is 38.8. The lowest BCUT2D eigenvalue weighted by atomic mass is 10.1. The molecule has 2 heterocycles. The van der Waals surface area contributed by atoms with E-state index in [9.17, 15) is 22.8 Å². The van der Waals surface area contributed by atoms with Crippen LogP contribution in [-0.2, 0) is 17.5 Å². The van der Waals surface area contributed by atoms with Crippen LogP contribution in [0.25, 0.3) is 0 Å². The molecule has 156 valence electrons. The number of likely N-dealkylation sites (tertiary alicyclic amines) is 1. The van der Waals surface area contributed by atoms with E-state index < -0.39 is 11.7 Å². The molecular formula is C22H20F3N3O2. The number of carbonyl (C=O) groups is 2. The van der Waals surface area contributed by atoms with Gasteiger partial charge in [0.15, 0.2) is 0 Å². The number of hydrogen-bond donors (Lipinski definition) is 0. The van der Waals surface area contributed by atoms with Crippen molar-refractivity contribution in [3.8, 4) is 0 Å². The van der Waals surface area contributed by atoms with Gasteiger partial charge < -0.3 is 9.80 Å². The molecule has 0 saturated carbocycles. The van der Waals surface area contributed by atoms with Gasteiger partial charge in [0, 0.05) is 19.6 Å². The number of benzene rings is 2. The monoisotopic (exact) mass is 415 g/mol. The van der Waals surface area contributed by atoms with Crippen molar-refractivity contribution in [2.75, 3.05) is 18.0 Å². The smallest absolute Gasteiger partial charge is 0.337 e. The van der Waals surface area contributed by atoms with Gasteiger partial charge in [0.05, 0.1) is 23.0 Å². The van der Waals surface area contributed by atoms with Crippen molar-refractivity contribution in [2.45, 2.75) is 25.2 Å². The Labute approximate surface area is 172 Å². The number of carbonyl (C=O) groups excluding carboxylic acids is 2. The van der Waals surface area contributed by atoms with Crippen molar-refractivity contribution in [2.24, 2.45) is 0 Å². The average Bonchev–Trinajstić information content (AvgIpc) is 3.22. The average molecular weight is 415 g/mol. The molecule has 1 unspecified atom stereocenters. The molecule has 2 aromatic carbocycles. The number of hydrogen-bond acceptors (Lipinski definition) is 2. The van der Waals surface area contributed by atoms with Crippen LogP contribution in [-0.4, -0.2) is 40.9 Å². The zero-order valence-electron chi connectivity index (χ0n) is 16.1. The van der Waals surface area contributed by atoms with E-state index in [1.165, 1.54) is 23.1 Å². The van der Waals surface area contributed by atoms with Crippen molar-refractivity contribution >= 4 is 23.3 Å². The van der Waals surface area contributed by atoms with Gasteiger partial charge in [-0.3, -0.25) is 9.69 Å². The molecule has 2 aliphatic heterocycles. The van der Waals surface area contributed by atoms with Crippen LogP contribution in [0, 0.1) is 0 Å². The highest BCUT2D eigenvalue weighted by atomic mass is 19.4. The fourth-order valence-electron chi connectivity index (χ4n) is 4.01. The molecule has 2 aliphatic rings. The lowest BCUT2D eigenvalue weighted by molar-refractivity contribution is -0.137. The SMILES string of the molecule is C=CC(=O)N1CCC(N2Cc3ccccc3N(c3ccc(C(F)(F)F)cc3)C2=O)C1. The van der Waals surface area contributed by atoms with Gasteiger partial charge in [-0.05, 0) is 48.4 Å². The number of urea groups is 1. The molecule has 5 nitrogen and oxygen atoms in total. The Morgan fingerprint density at radius 2 is 1.80 bits per heavy atom. The first kappa shape index (κ1) is 20.0. The highest BCUT2D eigenvalue weighted by molar-refractivity contribution is 6.02. The number of nitrogens with zero attached hydrogens (tertiary/aromatic N) is 3. The topological polar surface area (TPSA) is 43.9 Å². The Kier molecular flexibility index (Phi) is 5.01. The molecule has 8 heteroatoms. The zero-order valence-corrected chi connectivity index (χ0v) is 16.1. The molecule has 1 fully saturated rings. The Morgan fingerprint density at radius 1 is 1.10 bits per heavy atom. The summed E-state index contributed by atoms with van der Waals surface area (Å²) in [5.41, 5.74) is 1.14. The van der Waals surface area contributed by atoms with Gasteiger partial charge in [-0.15, -0.1) is 0 Å². The summed E-state index contributed by atoms with van der Waals surface area (Å²) in [7, 11) is 0. The third-order valence-corrected chi connectivity index (χ3v) is 5.55. The van der Waals surface area contributed by atoms with Crippen LogP contribution in [0.15, 0.2) is 61.2 Å². The minimum atomic E-state index is -4.45. The van der Waals surface area contributed by atoms with Crippen LogP contribution in [0.5, 0.6) is 0 Å². The summed E-state index contributed by atoms with van der Waals surface area (Å²) in [6.07, 6.45) is -2.56. The summed E-state index contributed by atoms with van der Waals surface area (Å²) in [6, 6.07) is 11.4.